The summed E-state index contributed by atoms with van der Waals surface area (Å²) in [5.74, 6) is -0.314. The van der Waals surface area contributed by atoms with Crippen molar-refractivity contribution < 1.29 is 19.8 Å². The van der Waals surface area contributed by atoms with Crippen molar-refractivity contribution in [2.45, 2.75) is 64.8 Å². The number of likely N-dealkylation sites (tertiary alicyclic amines) is 1. The minimum Gasteiger partial charge on any atom is -0.492 e. The number of carbonyl (C=O) groups is 1. The van der Waals surface area contributed by atoms with Crippen LogP contribution in [0.4, 0.5) is 5.69 Å². The molecule has 2 N–H and O–H groups in total. The van der Waals surface area contributed by atoms with Crippen molar-refractivity contribution >= 4 is 22.4 Å². The lowest BCUT2D eigenvalue weighted by Crippen LogP contribution is -2.40. The lowest BCUT2D eigenvalue weighted by Gasteiger charge is -2.35. The second-order valence-corrected chi connectivity index (χ2v) is 15.3. The van der Waals surface area contributed by atoms with E-state index in [9.17, 15) is 15.0 Å². The zero-order chi connectivity index (χ0) is 35.9. The molecule has 1 saturated heterocycles. The highest BCUT2D eigenvalue weighted by Crippen LogP contribution is 2.56. The minimum atomic E-state index is -0.495. The summed E-state index contributed by atoms with van der Waals surface area (Å²) in [7, 11) is 2.20. The lowest BCUT2D eigenvalue weighted by molar-refractivity contribution is -0.145. The molecule has 0 spiro atoms. The van der Waals surface area contributed by atoms with Gasteiger partial charge in [-0.05, 0) is 53.0 Å². The number of rotatable bonds is 10. The van der Waals surface area contributed by atoms with Crippen LogP contribution in [0, 0.1) is 17.3 Å². The van der Waals surface area contributed by atoms with E-state index in [-0.39, 0.29) is 35.1 Å². The van der Waals surface area contributed by atoms with Crippen LogP contribution in [0.5, 0.6) is 11.8 Å². The van der Waals surface area contributed by atoms with Gasteiger partial charge in [0.15, 0.2) is 0 Å². The third kappa shape index (κ3) is 6.13. The maximum Gasteiger partial charge on any atom is 0.333 e. The topological polar surface area (TPSA) is 78.2 Å². The molecule has 2 aromatic carbocycles. The summed E-state index contributed by atoms with van der Waals surface area (Å²) in [6, 6.07) is 15.8. The SMILES string of the molecule is CN1C2=CC=C3C=CC=CC3C2C(C)(C)C1=CC=CC=CC1N(CCCCCC(=O)On2c(O)ccc2O)c2ccc3ccccc3c2C1(C)C. The van der Waals surface area contributed by atoms with E-state index in [1.54, 1.807) is 0 Å². The molecule has 264 valence electrons. The normalized spacial score (nSPS) is 23.6. The predicted octanol–water partition coefficient (Wildman–Crippen LogP) is 8.88. The maximum atomic E-state index is 12.4. The Hall–Kier alpha value is -5.17. The van der Waals surface area contributed by atoms with Gasteiger partial charge in [-0.2, -0.15) is 0 Å². The first-order chi connectivity index (χ1) is 24.5. The van der Waals surface area contributed by atoms with Crippen molar-refractivity contribution in [1.82, 2.24) is 9.63 Å². The Balaban J connectivity index is 1.06. The summed E-state index contributed by atoms with van der Waals surface area (Å²) in [5.41, 5.74) is 6.60. The molecule has 3 unspecified atom stereocenters. The van der Waals surface area contributed by atoms with Gasteiger partial charge in [0.1, 0.15) is 0 Å². The molecule has 3 aromatic rings. The minimum absolute atomic E-state index is 0.0101. The Bertz CT molecular complexity index is 2030. The fraction of sp³-hybridized carbons (Fsp3) is 0.341. The molecule has 3 heterocycles. The average molecular weight is 684 g/mol. The molecular formula is C44H49N3O4. The molecule has 7 nitrogen and oxygen atoms in total. The summed E-state index contributed by atoms with van der Waals surface area (Å²) in [6.45, 7) is 10.3. The Morgan fingerprint density at radius 2 is 1.67 bits per heavy atom. The molecule has 0 radical (unpaired) electrons. The predicted molar refractivity (Wildman–Crippen MR) is 205 cm³/mol. The second-order valence-electron chi connectivity index (χ2n) is 15.3. The highest BCUT2D eigenvalue weighted by Gasteiger charge is 2.50. The van der Waals surface area contributed by atoms with Crippen molar-refractivity contribution in [3.8, 4) is 11.8 Å². The van der Waals surface area contributed by atoms with Crippen LogP contribution in [-0.2, 0) is 10.2 Å². The van der Waals surface area contributed by atoms with E-state index in [1.165, 1.54) is 51.1 Å². The molecule has 2 aliphatic carbocycles. The number of unbranched alkanes of at least 4 members (excludes halogenated alkanes) is 2. The summed E-state index contributed by atoms with van der Waals surface area (Å²) in [5, 5.41) is 22.1. The molecular weight excluding hydrogens is 635 g/mol. The summed E-state index contributed by atoms with van der Waals surface area (Å²) < 4.78 is 0.743. The van der Waals surface area contributed by atoms with Gasteiger partial charge in [0.2, 0.25) is 11.8 Å². The zero-order valence-electron chi connectivity index (χ0n) is 30.3. The zero-order valence-corrected chi connectivity index (χ0v) is 30.3. The standard InChI is InChI=1S/C44H49N3O4/c1-43(2)36(45(5)34-25-23-30-16-11-13-18-32(30)41(34)43)20-8-6-9-21-37-44(3,4)42-33-19-14-12-17-31(33)24-26-35(42)46(37)29-15-7-10-22-40(50)51-47-38(48)27-28-39(47)49/h6,8-9,11-14,16-21,23-28,32,37,41,48-49H,7,10,15,22,29H2,1-5H3. The number of allylic oxidation sites excluding steroid dienone is 13. The number of nitrogens with zero attached hydrogens (tertiary/aromatic N) is 3. The van der Waals surface area contributed by atoms with Crippen LogP contribution in [0.2, 0.25) is 0 Å². The van der Waals surface area contributed by atoms with E-state index in [2.05, 4.69) is 148 Å². The molecule has 4 aliphatic rings. The van der Waals surface area contributed by atoms with Crippen LogP contribution in [0.3, 0.4) is 0 Å². The fourth-order valence-electron chi connectivity index (χ4n) is 8.93. The van der Waals surface area contributed by atoms with Crippen molar-refractivity contribution in [2.24, 2.45) is 17.3 Å². The molecule has 1 aromatic heterocycles. The number of aromatic nitrogens is 1. The van der Waals surface area contributed by atoms with Gasteiger partial charge < -0.3 is 24.9 Å². The molecule has 7 rings (SSSR count). The van der Waals surface area contributed by atoms with Crippen molar-refractivity contribution in [2.75, 3.05) is 18.5 Å². The van der Waals surface area contributed by atoms with Crippen molar-refractivity contribution in [3.63, 3.8) is 0 Å². The van der Waals surface area contributed by atoms with Gasteiger partial charge in [0, 0.05) is 71.9 Å². The van der Waals surface area contributed by atoms with Crippen LogP contribution < -0.4 is 9.74 Å². The molecule has 7 heteroatoms. The maximum absolute atomic E-state index is 12.4. The van der Waals surface area contributed by atoms with Crippen LogP contribution in [0.15, 0.2) is 132 Å². The summed E-state index contributed by atoms with van der Waals surface area (Å²) >= 11 is 0. The van der Waals surface area contributed by atoms with Gasteiger partial charge in [-0.25, -0.2) is 4.79 Å². The third-order valence-corrected chi connectivity index (χ3v) is 11.4. The van der Waals surface area contributed by atoms with E-state index in [4.69, 9.17) is 4.84 Å². The third-order valence-electron chi connectivity index (χ3n) is 11.4. The van der Waals surface area contributed by atoms with Crippen LogP contribution in [0.1, 0.15) is 58.9 Å². The van der Waals surface area contributed by atoms with Gasteiger partial charge in [-0.15, -0.1) is 4.73 Å². The Labute approximate surface area is 301 Å². The molecule has 51 heavy (non-hydrogen) atoms. The number of carbonyl (C=O) groups excluding carboxylic acids is 1. The molecule has 1 fully saturated rings. The van der Waals surface area contributed by atoms with Crippen molar-refractivity contribution in [1.29, 1.82) is 0 Å². The number of benzene rings is 2. The van der Waals surface area contributed by atoms with E-state index < -0.39 is 5.97 Å². The van der Waals surface area contributed by atoms with Crippen molar-refractivity contribution in [3.05, 3.63) is 138 Å². The molecule has 0 saturated carbocycles. The van der Waals surface area contributed by atoms with Gasteiger partial charge in [0.05, 0.1) is 6.04 Å². The highest BCUT2D eigenvalue weighted by atomic mass is 16.7. The van der Waals surface area contributed by atoms with E-state index in [0.717, 1.165) is 24.1 Å². The van der Waals surface area contributed by atoms with E-state index in [0.29, 0.717) is 18.3 Å². The quantitative estimate of drug-likeness (QED) is 0.164. The Kier molecular flexibility index (Phi) is 9.09. The molecule has 0 bridgehead atoms. The Morgan fingerprint density at radius 3 is 2.47 bits per heavy atom. The van der Waals surface area contributed by atoms with Crippen LogP contribution in [0.25, 0.3) is 10.8 Å². The Morgan fingerprint density at radius 1 is 0.882 bits per heavy atom. The molecule has 2 aliphatic heterocycles. The fourth-order valence-corrected chi connectivity index (χ4v) is 8.93. The second kappa shape index (κ2) is 13.5. The monoisotopic (exact) mass is 683 g/mol. The van der Waals surface area contributed by atoms with Gasteiger partial charge >= 0.3 is 5.97 Å². The largest absolute Gasteiger partial charge is 0.492 e. The molecule has 0 amide bonds. The number of aromatic hydroxyl groups is 2. The smallest absolute Gasteiger partial charge is 0.333 e. The summed E-state index contributed by atoms with van der Waals surface area (Å²) in [6.07, 6.45) is 27.3. The van der Waals surface area contributed by atoms with Gasteiger partial charge in [-0.1, -0.05) is 119 Å². The van der Waals surface area contributed by atoms with Gasteiger partial charge in [-0.3, -0.25) is 0 Å². The molecule has 3 atom stereocenters. The number of anilines is 1. The van der Waals surface area contributed by atoms with Crippen LogP contribution >= 0.6 is 0 Å². The first kappa shape index (κ1) is 34.3. The first-order valence-electron chi connectivity index (χ1n) is 18.2. The number of hydrogen-bond donors (Lipinski definition) is 2. The number of hydrogen-bond acceptors (Lipinski definition) is 6. The lowest BCUT2D eigenvalue weighted by atomic mass is 9.66. The highest BCUT2D eigenvalue weighted by molar-refractivity contribution is 5.93. The van der Waals surface area contributed by atoms with Gasteiger partial charge in [0.25, 0.3) is 0 Å². The first-order valence-corrected chi connectivity index (χ1v) is 18.2. The van der Waals surface area contributed by atoms with E-state index in [1.807, 2.05) is 0 Å². The summed E-state index contributed by atoms with van der Waals surface area (Å²) in [4.78, 5) is 22.4. The number of fused-ring (bicyclic) bond motifs is 6. The van der Waals surface area contributed by atoms with Crippen LogP contribution in [-0.4, -0.2) is 45.4 Å². The van der Waals surface area contributed by atoms with E-state index >= 15 is 0 Å². The average Bonchev–Trinajstić information content (AvgIpc) is 3.62.